The number of aromatic amines is 1. The van der Waals surface area contributed by atoms with Crippen molar-refractivity contribution in [3.63, 3.8) is 0 Å². The van der Waals surface area contributed by atoms with Crippen LogP contribution < -0.4 is 4.74 Å². The molecule has 1 N–H and O–H groups in total. The van der Waals surface area contributed by atoms with Gasteiger partial charge in [-0.25, -0.2) is 13.2 Å². The minimum atomic E-state index is -1.58. The molecule has 3 aromatic rings. The van der Waals surface area contributed by atoms with Gasteiger partial charge >= 0.3 is 0 Å². The lowest BCUT2D eigenvalue weighted by Crippen LogP contribution is -2.57. The molecule has 0 bridgehead atoms. The summed E-state index contributed by atoms with van der Waals surface area (Å²) in [4.78, 5) is 7.34. The second-order valence-electron chi connectivity index (χ2n) is 11.4. The molecule has 0 amide bonds. The van der Waals surface area contributed by atoms with E-state index in [1.165, 1.54) is 26.0 Å². The van der Waals surface area contributed by atoms with Crippen LogP contribution in [0.4, 0.5) is 17.6 Å². The molecule has 0 spiro atoms. The number of nitrogens with zero attached hydrogens (tertiary/aromatic N) is 2. The maximum atomic E-state index is 15.9. The summed E-state index contributed by atoms with van der Waals surface area (Å²) in [6.45, 7) is 8.55. The molecule has 2 atom stereocenters. The highest BCUT2D eigenvalue weighted by Crippen LogP contribution is 2.48. The third-order valence-corrected chi connectivity index (χ3v) is 7.88. The molecule has 2 aliphatic heterocycles. The van der Waals surface area contributed by atoms with Crippen molar-refractivity contribution in [2.24, 2.45) is 5.92 Å². The SMILES string of the molecule is C[C@@H]1Cc2c([nH]c3ccccc23)[C@@](C)(c2c(F)cc(OCCN3CC(CF)C3)cc2F)N1CC(C)(C)F. The lowest BCUT2D eigenvalue weighted by atomic mass is 9.77. The van der Waals surface area contributed by atoms with Crippen LogP contribution in [0.15, 0.2) is 36.4 Å². The van der Waals surface area contributed by atoms with Crippen molar-refractivity contribution in [2.75, 3.05) is 39.5 Å². The quantitative estimate of drug-likeness (QED) is 0.373. The van der Waals surface area contributed by atoms with Crippen molar-refractivity contribution in [1.29, 1.82) is 0 Å². The first-order chi connectivity index (χ1) is 17.5. The topological polar surface area (TPSA) is 31.5 Å². The maximum absolute atomic E-state index is 15.9. The van der Waals surface area contributed by atoms with Crippen LogP contribution in [0.2, 0.25) is 0 Å². The Bertz CT molecular complexity index is 1260. The molecule has 0 unspecified atom stereocenters. The molecule has 1 aromatic heterocycles. The van der Waals surface area contributed by atoms with E-state index in [2.05, 4.69) is 4.98 Å². The average Bonchev–Trinajstić information content (AvgIpc) is 3.16. The maximum Gasteiger partial charge on any atom is 0.135 e. The van der Waals surface area contributed by atoms with Gasteiger partial charge in [0.05, 0.1) is 12.2 Å². The van der Waals surface area contributed by atoms with Crippen LogP contribution in [-0.2, 0) is 12.0 Å². The Morgan fingerprint density at radius 3 is 2.46 bits per heavy atom. The zero-order valence-electron chi connectivity index (χ0n) is 21.9. The zero-order valence-corrected chi connectivity index (χ0v) is 21.9. The first kappa shape index (κ1) is 26.0. The lowest BCUT2D eigenvalue weighted by Gasteiger charge is -2.50. The Labute approximate surface area is 215 Å². The van der Waals surface area contributed by atoms with Gasteiger partial charge in [0.25, 0.3) is 0 Å². The molecular weight excluding hydrogens is 482 g/mol. The predicted octanol–water partition coefficient (Wildman–Crippen LogP) is 5.98. The minimum Gasteiger partial charge on any atom is -0.492 e. The molecule has 0 saturated carbocycles. The third-order valence-electron chi connectivity index (χ3n) is 7.88. The highest BCUT2D eigenvalue weighted by Gasteiger charge is 2.49. The summed E-state index contributed by atoms with van der Waals surface area (Å²) in [7, 11) is 0. The van der Waals surface area contributed by atoms with Crippen LogP contribution in [0.1, 0.15) is 44.5 Å². The summed E-state index contributed by atoms with van der Waals surface area (Å²) in [6.07, 6.45) is 0.634. The van der Waals surface area contributed by atoms with Gasteiger partial charge in [-0.2, -0.15) is 0 Å². The second kappa shape index (κ2) is 9.62. The van der Waals surface area contributed by atoms with Crippen molar-refractivity contribution >= 4 is 10.9 Å². The normalized spacial score (nSPS) is 23.3. The van der Waals surface area contributed by atoms with Gasteiger partial charge in [0.1, 0.15) is 29.7 Å². The van der Waals surface area contributed by atoms with Crippen LogP contribution in [0, 0.1) is 17.6 Å². The smallest absolute Gasteiger partial charge is 0.135 e. The third kappa shape index (κ3) is 4.74. The number of nitrogens with one attached hydrogen (secondary N) is 1. The summed E-state index contributed by atoms with van der Waals surface area (Å²) >= 11 is 0. The van der Waals surface area contributed by atoms with E-state index in [1.54, 1.807) is 6.92 Å². The monoisotopic (exact) mass is 517 g/mol. The number of ether oxygens (including phenoxy) is 1. The molecule has 4 nitrogen and oxygen atoms in total. The summed E-state index contributed by atoms with van der Waals surface area (Å²) in [5, 5.41) is 1.01. The van der Waals surface area contributed by atoms with Gasteiger partial charge < -0.3 is 9.72 Å². The number of halogens is 4. The number of para-hydroxylation sites is 1. The van der Waals surface area contributed by atoms with Crippen LogP contribution in [-0.4, -0.2) is 66.0 Å². The van der Waals surface area contributed by atoms with Crippen LogP contribution in [0.25, 0.3) is 10.9 Å². The Kier molecular flexibility index (Phi) is 6.77. The number of alkyl halides is 2. The highest BCUT2D eigenvalue weighted by atomic mass is 19.1. The van der Waals surface area contributed by atoms with E-state index < -0.39 is 22.8 Å². The Balaban J connectivity index is 1.52. The van der Waals surface area contributed by atoms with Crippen molar-refractivity contribution in [2.45, 2.75) is 51.4 Å². The van der Waals surface area contributed by atoms with Crippen molar-refractivity contribution in [1.82, 2.24) is 14.8 Å². The van der Waals surface area contributed by atoms with Gasteiger partial charge in [0.15, 0.2) is 0 Å². The number of rotatable bonds is 8. The molecule has 200 valence electrons. The molecule has 5 rings (SSSR count). The number of H-pyrrole nitrogens is 1. The van der Waals surface area contributed by atoms with E-state index in [0.717, 1.165) is 16.5 Å². The number of hydrogen-bond donors (Lipinski definition) is 1. The summed E-state index contributed by atoms with van der Waals surface area (Å²) in [5.74, 6) is -1.30. The highest BCUT2D eigenvalue weighted by molar-refractivity contribution is 5.85. The van der Waals surface area contributed by atoms with Gasteiger partial charge in [0.2, 0.25) is 0 Å². The largest absolute Gasteiger partial charge is 0.492 e. The lowest BCUT2D eigenvalue weighted by molar-refractivity contribution is 0.0156. The Morgan fingerprint density at radius 1 is 1.14 bits per heavy atom. The summed E-state index contributed by atoms with van der Waals surface area (Å²) in [5.41, 5.74) is -0.416. The number of hydrogen-bond acceptors (Lipinski definition) is 3. The van der Waals surface area contributed by atoms with Gasteiger partial charge in [-0.1, -0.05) is 18.2 Å². The number of likely N-dealkylation sites (tertiary alicyclic amines) is 1. The molecule has 0 radical (unpaired) electrons. The van der Waals surface area contributed by atoms with E-state index in [-0.39, 0.29) is 43.1 Å². The number of fused-ring (bicyclic) bond motifs is 3. The van der Waals surface area contributed by atoms with Crippen molar-refractivity contribution in [3.05, 3.63) is 64.9 Å². The van der Waals surface area contributed by atoms with E-state index in [4.69, 9.17) is 4.74 Å². The second-order valence-corrected chi connectivity index (χ2v) is 11.4. The molecular formula is C29H35F4N3O. The fourth-order valence-electron chi connectivity index (χ4n) is 6.15. The summed E-state index contributed by atoms with van der Waals surface area (Å²) < 4.78 is 65.1. The zero-order chi connectivity index (χ0) is 26.5. The van der Waals surface area contributed by atoms with Crippen LogP contribution >= 0.6 is 0 Å². The molecule has 3 heterocycles. The van der Waals surface area contributed by atoms with E-state index >= 15 is 13.2 Å². The van der Waals surface area contributed by atoms with Gasteiger partial charge in [-0.15, -0.1) is 0 Å². The first-order valence-corrected chi connectivity index (χ1v) is 13.0. The standard InChI is InChI=1S/C29H35F4N3O/c1-18-11-22-21-7-5-6-8-25(21)34-27(22)29(4,36(18)17-28(2,3)33)26-23(31)12-20(13-24(26)32)37-10-9-35-15-19(14-30)16-35/h5-8,12-13,18-19,34H,9-11,14-17H2,1-4H3/t18-,29-/m1/s1. The van der Waals surface area contributed by atoms with Crippen LogP contribution in [0.3, 0.4) is 0 Å². The molecule has 8 heteroatoms. The minimum absolute atomic E-state index is 0.00626. The Hall–Kier alpha value is -2.58. The van der Waals surface area contributed by atoms with E-state index in [9.17, 15) is 4.39 Å². The molecule has 0 aliphatic carbocycles. The molecule has 37 heavy (non-hydrogen) atoms. The van der Waals surface area contributed by atoms with Gasteiger partial charge in [-0.05, 0) is 45.7 Å². The fraction of sp³-hybridized carbons (Fsp3) is 0.517. The molecule has 2 aliphatic rings. The fourth-order valence-corrected chi connectivity index (χ4v) is 6.15. The van der Waals surface area contributed by atoms with Crippen molar-refractivity contribution < 1.29 is 22.3 Å². The number of aromatic nitrogens is 1. The number of benzene rings is 2. The Morgan fingerprint density at radius 2 is 1.81 bits per heavy atom. The van der Waals surface area contributed by atoms with Crippen LogP contribution in [0.5, 0.6) is 5.75 Å². The van der Waals surface area contributed by atoms with Gasteiger partial charge in [-0.3, -0.25) is 14.2 Å². The van der Waals surface area contributed by atoms with E-state index in [0.29, 0.717) is 31.7 Å². The first-order valence-electron chi connectivity index (χ1n) is 13.0. The van der Waals surface area contributed by atoms with Gasteiger partial charge in [0, 0.05) is 72.4 Å². The summed E-state index contributed by atoms with van der Waals surface area (Å²) in [6, 6.07) is 10.1. The van der Waals surface area contributed by atoms with E-state index in [1.807, 2.05) is 41.0 Å². The average molecular weight is 518 g/mol. The predicted molar refractivity (Wildman–Crippen MR) is 138 cm³/mol. The molecule has 2 aromatic carbocycles. The molecule has 1 fully saturated rings. The molecule has 1 saturated heterocycles. The van der Waals surface area contributed by atoms with Crippen molar-refractivity contribution in [3.8, 4) is 5.75 Å².